The van der Waals surface area contributed by atoms with E-state index in [2.05, 4.69) is 20.9 Å². The van der Waals surface area contributed by atoms with E-state index in [1.165, 1.54) is 7.05 Å². The number of nitrogen functional groups attached to an aromatic ring is 1. The Hall–Kier alpha value is -4.69. The van der Waals surface area contributed by atoms with Crippen molar-refractivity contribution < 1.29 is 29.1 Å². The molecule has 13 N–H and O–H groups in total. The van der Waals surface area contributed by atoms with E-state index in [0.29, 0.717) is 17.5 Å². The number of carboxylic acids is 1. The fourth-order valence-electron chi connectivity index (χ4n) is 3.41. The molecule has 1 aromatic rings. The van der Waals surface area contributed by atoms with E-state index >= 15 is 0 Å². The van der Waals surface area contributed by atoms with E-state index in [1.54, 1.807) is 24.3 Å². The minimum absolute atomic E-state index is 0.0499. The van der Waals surface area contributed by atoms with Crippen LogP contribution in [0.25, 0.3) is 0 Å². The number of amides is 4. The molecule has 0 fully saturated rings. The first kappa shape index (κ1) is 31.3. The average Bonchev–Trinajstić information content (AvgIpc) is 2.85. The van der Waals surface area contributed by atoms with Crippen LogP contribution in [0.15, 0.2) is 29.3 Å². The summed E-state index contributed by atoms with van der Waals surface area (Å²) in [5.41, 5.74) is 22.4. The third-order valence-corrected chi connectivity index (χ3v) is 5.47. The Kier molecular flexibility index (Phi) is 12.7. The van der Waals surface area contributed by atoms with Crippen LogP contribution in [0, 0.1) is 11.3 Å². The number of hydrogen-bond donors (Lipinski definition) is 9. The van der Waals surface area contributed by atoms with Gasteiger partial charge in [-0.25, -0.2) is 0 Å². The topological polar surface area (TPSA) is 282 Å². The molecule has 0 spiro atoms. The summed E-state index contributed by atoms with van der Waals surface area (Å²) in [5.74, 6) is -5.91. The lowest BCUT2D eigenvalue weighted by atomic mass is 9.96. The number of aliphatic imine (C=N–C) groups is 1. The third kappa shape index (κ3) is 10.9. The fraction of sp³-hybridized carbons (Fsp3) is 0.435. The second-order valence-electron chi connectivity index (χ2n) is 8.39. The number of carboxylic acid groups (broad SMARTS) is 1. The number of nitrogens with two attached hydrogens (primary N) is 4. The summed E-state index contributed by atoms with van der Waals surface area (Å²) < 4.78 is 0. The molecular weight excluding hydrogens is 498 g/mol. The summed E-state index contributed by atoms with van der Waals surface area (Å²) in [6, 6.07) is 3.84. The summed E-state index contributed by atoms with van der Waals surface area (Å²) in [6.07, 6.45) is -0.430. The predicted octanol–water partition coefficient (Wildman–Crippen LogP) is -2.75. The maximum atomic E-state index is 13.1. The zero-order chi connectivity index (χ0) is 28.8. The number of carbonyl (C=O) groups excluding carboxylic acids is 4. The molecule has 0 heterocycles. The maximum absolute atomic E-state index is 13.1. The van der Waals surface area contributed by atoms with Gasteiger partial charge in [-0.1, -0.05) is 24.3 Å². The molecule has 0 aliphatic carbocycles. The van der Waals surface area contributed by atoms with E-state index in [0.717, 1.165) is 0 Å². The highest BCUT2D eigenvalue weighted by Gasteiger charge is 2.31. The highest BCUT2D eigenvalue weighted by molar-refractivity contribution is 6.02. The van der Waals surface area contributed by atoms with Gasteiger partial charge in [0.1, 0.15) is 23.8 Å². The van der Waals surface area contributed by atoms with E-state index in [9.17, 15) is 24.0 Å². The van der Waals surface area contributed by atoms with Crippen molar-refractivity contribution in [2.24, 2.45) is 33.8 Å². The van der Waals surface area contributed by atoms with Crippen molar-refractivity contribution in [3.63, 3.8) is 0 Å². The van der Waals surface area contributed by atoms with Gasteiger partial charge >= 0.3 is 5.97 Å². The second-order valence-corrected chi connectivity index (χ2v) is 8.39. The molecule has 0 aliphatic heterocycles. The van der Waals surface area contributed by atoms with Gasteiger partial charge in [-0.05, 0) is 31.2 Å². The largest absolute Gasteiger partial charge is 0.481 e. The monoisotopic (exact) mass is 533 g/mol. The Morgan fingerprint density at radius 2 is 1.53 bits per heavy atom. The standard InChI is InChI=1S/C23H35N9O6/c1-29-20(36)14(11-12-4-6-13(7-5-12)18(24)25)21(37)32-16(8-9-17(33)34)22(38)31-15(19(26)35)3-2-10-30-23(27)28/h4-7,14-16H,2-3,8-11H2,1H3,(H3,24,25)(H2,26,35)(H,29,36)(H,31,38)(H,32,37)(H,33,34)(H4,27,28,30)/t14?,15-,16-/m0/s1. The summed E-state index contributed by atoms with van der Waals surface area (Å²) >= 11 is 0. The van der Waals surface area contributed by atoms with Gasteiger partial charge in [-0.15, -0.1) is 0 Å². The molecule has 1 rings (SSSR count). The van der Waals surface area contributed by atoms with Crippen molar-refractivity contribution >= 4 is 41.4 Å². The van der Waals surface area contributed by atoms with Crippen LogP contribution >= 0.6 is 0 Å². The highest BCUT2D eigenvalue weighted by atomic mass is 16.4. The molecule has 1 unspecified atom stereocenters. The fourth-order valence-corrected chi connectivity index (χ4v) is 3.41. The molecule has 15 heteroatoms. The number of nitrogens with zero attached hydrogens (tertiary/aromatic N) is 1. The lowest BCUT2D eigenvalue weighted by molar-refractivity contribution is -0.140. The van der Waals surface area contributed by atoms with Crippen LogP contribution < -0.4 is 38.9 Å². The molecule has 0 aliphatic rings. The van der Waals surface area contributed by atoms with Gasteiger partial charge < -0.3 is 44.0 Å². The Labute approximate surface area is 219 Å². The van der Waals surface area contributed by atoms with Crippen molar-refractivity contribution in [3.8, 4) is 0 Å². The molecule has 0 aromatic heterocycles. The Morgan fingerprint density at radius 1 is 0.921 bits per heavy atom. The van der Waals surface area contributed by atoms with Crippen LogP contribution in [0.3, 0.4) is 0 Å². The van der Waals surface area contributed by atoms with Gasteiger partial charge in [-0.2, -0.15) is 0 Å². The van der Waals surface area contributed by atoms with Crippen molar-refractivity contribution in [1.29, 1.82) is 5.41 Å². The first-order valence-corrected chi connectivity index (χ1v) is 11.7. The second kappa shape index (κ2) is 15.4. The number of hydrogen-bond acceptors (Lipinski definition) is 7. The quantitative estimate of drug-likeness (QED) is 0.0460. The number of nitrogens with one attached hydrogen (secondary N) is 4. The van der Waals surface area contributed by atoms with E-state index in [-0.39, 0.29) is 37.6 Å². The SMILES string of the molecule is CNC(=O)C(Cc1ccc(C(=N)N)cc1)C(=O)N[C@@H](CCC(=O)O)C(=O)N[C@@H](CCCN=C(N)N)C(N)=O. The van der Waals surface area contributed by atoms with E-state index in [4.69, 9.17) is 33.5 Å². The molecule has 0 bridgehead atoms. The Morgan fingerprint density at radius 3 is 2.03 bits per heavy atom. The van der Waals surface area contributed by atoms with Gasteiger partial charge in [0.25, 0.3) is 0 Å². The van der Waals surface area contributed by atoms with Gasteiger partial charge in [-0.3, -0.25) is 34.4 Å². The number of primary amides is 1. The smallest absolute Gasteiger partial charge is 0.303 e. The predicted molar refractivity (Wildman–Crippen MR) is 139 cm³/mol. The summed E-state index contributed by atoms with van der Waals surface area (Å²) in [4.78, 5) is 65.3. The van der Waals surface area contributed by atoms with Crippen LogP contribution in [-0.2, 0) is 30.4 Å². The van der Waals surface area contributed by atoms with Gasteiger partial charge in [0, 0.05) is 25.6 Å². The summed E-state index contributed by atoms with van der Waals surface area (Å²) in [6.45, 7) is 0.183. The van der Waals surface area contributed by atoms with Crippen LogP contribution in [0.4, 0.5) is 0 Å². The van der Waals surface area contributed by atoms with Gasteiger partial charge in [0.2, 0.25) is 23.6 Å². The minimum atomic E-state index is -1.37. The van der Waals surface area contributed by atoms with Crippen molar-refractivity contribution in [2.75, 3.05) is 13.6 Å². The summed E-state index contributed by atoms with van der Waals surface area (Å²) in [5, 5.41) is 23.8. The molecule has 38 heavy (non-hydrogen) atoms. The molecule has 4 amide bonds. The first-order chi connectivity index (χ1) is 17.8. The minimum Gasteiger partial charge on any atom is -0.481 e. The van der Waals surface area contributed by atoms with E-state index in [1.807, 2.05) is 0 Å². The van der Waals surface area contributed by atoms with Gasteiger partial charge in [0.05, 0.1) is 0 Å². The van der Waals surface area contributed by atoms with Crippen molar-refractivity contribution in [3.05, 3.63) is 35.4 Å². The molecule has 0 saturated heterocycles. The zero-order valence-electron chi connectivity index (χ0n) is 21.0. The van der Waals surface area contributed by atoms with Crippen molar-refractivity contribution in [1.82, 2.24) is 16.0 Å². The molecule has 0 radical (unpaired) electrons. The number of guanidine groups is 1. The number of benzene rings is 1. The van der Waals surface area contributed by atoms with Crippen LogP contribution in [0.2, 0.25) is 0 Å². The van der Waals surface area contributed by atoms with E-state index < -0.39 is 54.0 Å². The summed E-state index contributed by atoms with van der Waals surface area (Å²) in [7, 11) is 1.34. The zero-order valence-corrected chi connectivity index (χ0v) is 21.0. The Bertz CT molecular complexity index is 1050. The number of amidine groups is 1. The normalized spacial score (nSPS) is 12.8. The Balaban J connectivity index is 3.05. The van der Waals surface area contributed by atoms with Crippen LogP contribution in [0.1, 0.15) is 36.8 Å². The number of aliphatic carboxylic acids is 1. The molecular formula is C23H35N9O6. The third-order valence-electron chi connectivity index (χ3n) is 5.47. The molecule has 3 atom stereocenters. The van der Waals surface area contributed by atoms with Crippen LogP contribution in [0.5, 0.6) is 0 Å². The lowest BCUT2D eigenvalue weighted by Crippen LogP contribution is -2.55. The maximum Gasteiger partial charge on any atom is 0.303 e. The average molecular weight is 534 g/mol. The molecule has 208 valence electrons. The van der Waals surface area contributed by atoms with Gasteiger partial charge in [0.15, 0.2) is 5.96 Å². The first-order valence-electron chi connectivity index (χ1n) is 11.7. The van der Waals surface area contributed by atoms with Crippen molar-refractivity contribution in [2.45, 2.75) is 44.2 Å². The van der Waals surface area contributed by atoms with Crippen LogP contribution in [-0.4, -0.2) is 72.2 Å². The molecule has 0 saturated carbocycles. The number of carbonyl (C=O) groups is 5. The highest BCUT2D eigenvalue weighted by Crippen LogP contribution is 2.13. The lowest BCUT2D eigenvalue weighted by Gasteiger charge is -2.23. The number of rotatable bonds is 16. The molecule has 15 nitrogen and oxygen atoms in total. The molecule has 1 aromatic carbocycles.